The number of Topliss-reactive ketones (excluding diaryl/α,β-unsaturated/α-hetero) is 1. The molecule has 0 aromatic rings. The second-order valence-electron chi connectivity index (χ2n) is 9.58. The fourth-order valence-corrected chi connectivity index (χ4v) is 7.47. The Labute approximate surface area is 180 Å². The number of rotatable bonds is 2. The number of alkyl halides is 2. The van der Waals surface area contributed by atoms with E-state index in [2.05, 4.69) is 15.9 Å². The molecule has 0 aromatic carbocycles. The molecule has 166 valence electrons. The molecule has 3 fully saturated rings. The van der Waals surface area contributed by atoms with Gasteiger partial charge in [0.15, 0.2) is 22.8 Å². The van der Waals surface area contributed by atoms with E-state index in [-0.39, 0.29) is 29.3 Å². The van der Waals surface area contributed by atoms with Crippen molar-refractivity contribution in [2.75, 3.05) is 6.61 Å². The highest BCUT2D eigenvalue weighted by Crippen LogP contribution is 2.70. The van der Waals surface area contributed by atoms with Gasteiger partial charge < -0.3 is 20.4 Å². The molecule has 0 bridgehead atoms. The SMILES string of the molecule is C[C@]12C=C(Br)C(=O)C=C1C(F)C[C@H]1[C@@H]3CC(O)[C@](O)(C(=O)CO)[C@@]3(C)CC(O)[C@@]12F. The van der Waals surface area contributed by atoms with Crippen LogP contribution in [0.3, 0.4) is 0 Å². The minimum atomic E-state index is -2.39. The Hall–Kier alpha value is -1.00. The Morgan fingerprint density at radius 2 is 1.87 bits per heavy atom. The molecule has 3 saturated carbocycles. The molecule has 4 rings (SSSR count). The van der Waals surface area contributed by atoms with Gasteiger partial charge in [0.05, 0.1) is 16.7 Å². The number of halogens is 3. The van der Waals surface area contributed by atoms with Crippen LogP contribution in [-0.2, 0) is 9.59 Å². The highest BCUT2D eigenvalue weighted by atomic mass is 79.9. The van der Waals surface area contributed by atoms with Crippen LogP contribution in [-0.4, -0.2) is 68.2 Å². The molecule has 0 radical (unpaired) electrons. The first-order valence-corrected chi connectivity index (χ1v) is 10.8. The topological polar surface area (TPSA) is 115 Å². The Balaban J connectivity index is 1.89. The fourth-order valence-electron chi connectivity index (χ4n) is 6.90. The van der Waals surface area contributed by atoms with Crippen molar-refractivity contribution in [1.29, 1.82) is 0 Å². The molecule has 4 aliphatic rings. The number of allylic oxidation sites excluding steroid dienone is 4. The van der Waals surface area contributed by atoms with Gasteiger partial charge in [-0.2, -0.15) is 0 Å². The molecule has 4 N–H and O–H groups in total. The van der Waals surface area contributed by atoms with Gasteiger partial charge in [-0.3, -0.25) is 9.59 Å². The number of aliphatic hydroxyl groups excluding tert-OH is 3. The smallest absolute Gasteiger partial charge is 0.192 e. The molecule has 6 nitrogen and oxygen atoms in total. The molecular formula is C21H25BrF2O6. The van der Waals surface area contributed by atoms with Gasteiger partial charge in [0.25, 0.3) is 0 Å². The van der Waals surface area contributed by atoms with Crippen LogP contribution in [0.4, 0.5) is 8.78 Å². The Morgan fingerprint density at radius 3 is 2.47 bits per heavy atom. The number of aliphatic hydroxyl groups is 4. The van der Waals surface area contributed by atoms with Crippen molar-refractivity contribution in [1.82, 2.24) is 0 Å². The van der Waals surface area contributed by atoms with Gasteiger partial charge in [0.1, 0.15) is 12.8 Å². The van der Waals surface area contributed by atoms with Crippen molar-refractivity contribution in [3.05, 3.63) is 22.2 Å². The predicted molar refractivity (Wildman–Crippen MR) is 105 cm³/mol. The zero-order valence-electron chi connectivity index (χ0n) is 16.6. The van der Waals surface area contributed by atoms with Gasteiger partial charge in [-0.1, -0.05) is 13.0 Å². The van der Waals surface area contributed by atoms with Gasteiger partial charge in [-0.05, 0) is 59.7 Å². The van der Waals surface area contributed by atoms with Crippen LogP contribution in [0, 0.1) is 22.7 Å². The molecule has 3 unspecified atom stereocenters. The summed E-state index contributed by atoms with van der Waals surface area (Å²) in [5.74, 6) is -3.46. The first-order valence-electron chi connectivity index (χ1n) is 9.99. The molecule has 9 atom stereocenters. The van der Waals surface area contributed by atoms with Crippen LogP contribution in [0.2, 0.25) is 0 Å². The Bertz CT molecular complexity index is 891. The van der Waals surface area contributed by atoms with Gasteiger partial charge >= 0.3 is 0 Å². The Kier molecular flexibility index (Phi) is 4.82. The first-order chi connectivity index (χ1) is 13.8. The van der Waals surface area contributed by atoms with E-state index in [1.165, 1.54) is 19.9 Å². The fraction of sp³-hybridized carbons (Fsp3) is 0.714. The highest BCUT2D eigenvalue weighted by Gasteiger charge is 2.77. The molecule has 4 aliphatic carbocycles. The first kappa shape index (κ1) is 22.2. The number of fused-ring (bicyclic) bond motifs is 5. The second-order valence-corrected chi connectivity index (χ2v) is 10.4. The van der Waals surface area contributed by atoms with Crippen molar-refractivity contribution in [2.24, 2.45) is 22.7 Å². The average Bonchev–Trinajstić information content (AvgIpc) is 2.87. The summed E-state index contributed by atoms with van der Waals surface area (Å²) < 4.78 is 32.3. The van der Waals surface area contributed by atoms with Gasteiger partial charge in [0, 0.05) is 16.7 Å². The third-order valence-electron chi connectivity index (χ3n) is 8.48. The summed E-state index contributed by atoms with van der Waals surface area (Å²) in [6.45, 7) is 1.89. The van der Waals surface area contributed by atoms with Crippen molar-refractivity contribution in [2.45, 2.75) is 62.8 Å². The van der Waals surface area contributed by atoms with Crippen LogP contribution >= 0.6 is 15.9 Å². The zero-order valence-corrected chi connectivity index (χ0v) is 18.2. The highest BCUT2D eigenvalue weighted by molar-refractivity contribution is 9.12. The van der Waals surface area contributed by atoms with Crippen LogP contribution in [0.25, 0.3) is 0 Å². The molecule has 0 aliphatic heterocycles. The van der Waals surface area contributed by atoms with Crippen molar-refractivity contribution >= 4 is 27.5 Å². The molecule has 30 heavy (non-hydrogen) atoms. The molecule has 0 spiro atoms. The van der Waals surface area contributed by atoms with Crippen molar-refractivity contribution in [3.8, 4) is 0 Å². The van der Waals surface area contributed by atoms with E-state index in [0.29, 0.717) is 0 Å². The van der Waals surface area contributed by atoms with Crippen LogP contribution in [0.15, 0.2) is 22.2 Å². The maximum Gasteiger partial charge on any atom is 0.192 e. The largest absolute Gasteiger partial charge is 0.390 e. The second kappa shape index (κ2) is 6.51. The molecule has 0 saturated heterocycles. The standard InChI is InChI=1S/C21H25BrF2O6/c1-18-6-12(22)14(26)4-11(18)13(23)3-10-9-5-15(27)21(30,17(29)8-25)19(9,2)7-16(28)20(10,18)24/h4,6,9-10,13,15-16,25,27-28,30H,3,5,7-8H2,1-2H3/t9-,10-,13?,15?,16?,18-,19-,20-,21-/m0/s1. The predicted octanol–water partition coefficient (Wildman–Crippen LogP) is 1.29. The van der Waals surface area contributed by atoms with E-state index in [9.17, 15) is 30.0 Å². The van der Waals surface area contributed by atoms with E-state index in [4.69, 9.17) is 0 Å². The summed E-state index contributed by atoms with van der Waals surface area (Å²) in [6.07, 6.45) is -3.50. The normalized spacial score (nSPS) is 52.7. The minimum absolute atomic E-state index is 0.0441. The summed E-state index contributed by atoms with van der Waals surface area (Å²) in [7, 11) is 0. The maximum absolute atomic E-state index is 16.9. The molecule has 0 amide bonds. The van der Waals surface area contributed by atoms with Crippen LogP contribution in [0.1, 0.15) is 33.1 Å². The Morgan fingerprint density at radius 1 is 1.23 bits per heavy atom. The minimum Gasteiger partial charge on any atom is -0.390 e. The van der Waals surface area contributed by atoms with E-state index in [1.54, 1.807) is 0 Å². The summed E-state index contributed by atoms with van der Waals surface area (Å²) in [6, 6.07) is 0. The summed E-state index contributed by atoms with van der Waals surface area (Å²) in [4.78, 5) is 24.5. The van der Waals surface area contributed by atoms with Gasteiger partial charge in [0.2, 0.25) is 0 Å². The molecule has 0 heterocycles. The quantitative estimate of drug-likeness (QED) is 0.463. The van der Waals surface area contributed by atoms with E-state index in [0.717, 1.165) is 6.08 Å². The number of hydrogen-bond donors (Lipinski definition) is 4. The lowest BCUT2D eigenvalue weighted by molar-refractivity contribution is -0.226. The third kappa shape index (κ3) is 2.30. The number of hydrogen-bond acceptors (Lipinski definition) is 6. The summed E-state index contributed by atoms with van der Waals surface area (Å²) in [5.41, 5.74) is -7.91. The lowest BCUT2D eigenvalue weighted by atomic mass is 9.44. The molecule has 0 aromatic heterocycles. The molecule has 9 heteroatoms. The zero-order chi connectivity index (χ0) is 22.4. The maximum atomic E-state index is 16.9. The summed E-state index contributed by atoms with van der Waals surface area (Å²) >= 11 is 3.10. The lowest BCUT2D eigenvalue weighted by Gasteiger charge is -2.63. The summed E-state index contributed by atoms with van der Waals surface area (Å²) in [5, 5.41) is 42.2. The number of carbonyl (C=O) groups is 2. The van der Waals surface area contributed by atoms with Gasteiger partial charge in [-0.25, -0.2) is 8.78 Å². The van der Waals surface area contributed by atoms with E-state index in [1.807, 2.05) is 0 Å². The van der Waals surface area contributed by atoms with Crippen LogP contribution in [0.5, 0.6) is 0 Å². The molecular weight excluding hydrogens is 466 g/mol. The number of ketones is 2. The number of carbonyl (C=O) groups excluding carboxylic acids is 2. The monoisotopic (exact) mass is 490 g/mol. The van der Waals surface area contributed by atoms with Crippen LogP contribution < -0.4 is 0 Å². The third-order valence-corrected chi connectivity index (χ3v) is 9.10. The average molecular weight is 491 g/mol. The van der Waals surface area contributed by atoms with Crippen molar-refractivity contribution in [3.63, 3.8) is 0 Å². The van der Waals surface area contributed by atoms with Crippen molar-refractivity contribution < 1.29 is 38.8 Å². The van der Waals surface area contributed by atoms with Gasteiger partial charge in [-0.15, -0.1) is 0 Å². The van der Waals surface area contributed by atoms with E-state index < -0.39 is 70.5 Å². The van der Waals surface area contributed by atoms with E-state index >= 15 is 8.78 Å². The lowest BCUT2D eigenvalue weighted by Crippen LogP contribution is -2.71.